The van der Waals surface area contributed by atoms with Crippen molar-refractivity contribution in [2.45, 2.75) is 6.04 Å². The summed E-state index contributed by atoms with van der Waals surface area (Å²) in [5.41, 5.74) is 3.35. The van der Waals surface area contributed by atoms with Crippen LogP contribution in [0.5, 0.6) is 11.5 Å². The summed E-state index contributed by atoms with van der Waals surface area (Å²) in [7, 11) is 4.89. The van der Waals surface area contributed by atoms with Gasteiger partial charge in [0.2, 0.25) is 5.91 Å². The van der Waals surface area contributed by atoms with Crippen LogP contribution in [0.25, 0.3) is 22.6 Å². The Kier molecular flexibility index (Phi) is 5.36. The number of hydrogen-bond acceptors (Lipinski definition) is 6. The molecular formula is C21H22N6O3. The van der Waals surface area contributed by atoms with E-state index < -0.39 is 6.04 Å². The Morgan fingerprint density at radius 3 is 2.53 bits per heavy atom. The molecule has 4 rings (SSSR count). The zero-order valence-corrected chi connectivity index (χ0v) is 16.8. The second-order valence-electron chi connectivity index (χ2n) is 6.58. The predicted molar refractivity (Wildman–Crippen MR) is 114 cm³/mol. The fourth-order valence-corrected chi connectivity index (χ4v) is 3.31. The molecule has 2 aromatic carbocycles. The van der Waals surface area contributed by atoms with E-state index in [1.807, 2.05) is 36.4 Å². The molecule has 0 aliphatic rings. The summed E-state index contributed by atoms with van der Waals surface area (Å²) in [4.78, 5) is 20.7. The first-order valence-corrected chi connectivity index (χ1v) is 9.33. The number of carbonyl (C=O) groups excluding carboxylic acids is 1. The Morgan fingerprint density at radius 1 is 1.10 bits per heavy atom. The highest BCUT2D eigenvalue weighted by Gasteiger charge is 2.22. The van der Waals surface area contributed by atoms with E-state index in [2.05, 4.69) is 30.8 Å². The van der Waals surface area contributed by atoms with Crippen LogP contribution >= 0.6 is 0 Å². The molecular weight excluding hydrogens is 384 g/mol. The highest BCUT2D eigenvalue weighted by Crippen LogP contribution is 2.33. The lowest BCUT2D eigenvalue weighted by atomic mass is 10.1. The number of anilines is 1. The molecule has 4 aromatic rings. The number of imidazole rings is 1. The van der Waals surface area contributed by atoms with E-state index in [0.29, 0.717) is 34.2 Å². The summed E-state index contributed by atoms with van der Waals surface area (Å²) in [6, 6.07) is 12.6. The topological polar surface area (TPSA) is 117 Å². The molecule has 0 fully saturated rings. The van der Waals surface area contributed by atoms with Crippen LogP contribution in [-0.2, 0) is 4.79 Å². The molecule has 0 unspecified atom stereocenters. The minimum atomic E-state index is -0.502. The molecule has 0 saturated heterocycles. The third-order valence-electron chi connectivity index (χ3n) is 4.79. The summed E-state index contributed by atoms with van der Waals surface area (Å²) in [6.45, 7) is 0. The largest absolute Gasteiger partial charge is 0.493 e. The third-order valence-corrected chi connectivity index (χ3v) is 4.79. The summed E-state index contributed by atoms with van der Waals surface area (Å²) in [5, 5.41) is 13.0. The van der Waals surface area contributed by atoms with E-state index >= 15 is 0 Å². The highest BCUT2D eigenvalue weighted by atomic mass is 16.5. The van der Waals surface area contributed by atoms with Gasteiger partial charge >= 0.3 is 0 Å². The van der Waals surface area contributed by atoms with Crippen molar-refractivity contribution < 1.29 is 14.3 Å². The van der Waals surface area contributed by atoms with Crippen LogP contribution in [0.1, 0.15) is 11.6 Å². The number of carbonyl (C=O) groups is 1. The number of aromatic amines is 2. The summed E-state index contributed by atoms with van der Waals surface area (Å²) in [6.07, 6.45) is 1.62. The quantitative estimate of drug-likeness (QED) is 0.375. The van der Waals surface area contributed by atoms with Crippen LogP contribution < -0.4 is 20.1 Å². The molecule has 0 aliphatic heterocycles. The van der Waals surface area contributed by atoms with Crippen LogP contribution in [0.15, 0.2) is 48.7 Å². The molecule has 9 heteroatoms. The van der Waals surface area contributed by atoms with Gasteiger partial charge < -0.3 is 25.1 Å². The zero-order chi connectivity index (χ0) is 21.1. The molecule has 0 aliphatic carbocycles. The van der Waals surface area contributed by atoms with Crippen molar-refractivity contribution in [2.24, 2.45) is 0 Å². The number of benzene rings is 2. The molecule has 154 valence electrons. The molecule has 1 atom stereocenters. The van der Waals surface area contributed by atoms with E-state index in [0.717, 1.165) is 11.1 Å². The van der Waals surface area contributed by atoms with Crippen LogP contribution in [0.3, 0.4) is 0 Å². The first kappa shape index (κ1) is 19.5. The molecule has 0 radical (unpaired) electrons. The Labute approximate surface area is 172 Å². The predicted octanol–water partition coefficient (Wildman–Crippen LogP) is 2.87. The number of amides is 1. The van der Waals surface area contributed by atoms with E-state index in [1.54, 1.807) is 33.5 Å². The van der Waals surface area contributed by atoms with Gasteiger partial charge in [0.15, 0.2) is 23.0 Å². The monoisotopic (exact) mass is 406 g/mol. The fraction of sp³-hybridized carbons (Fsp3) is 0.190. The van der Waals surface area contributed by atoms with Crippen molar-refractivity contribution in [3.05, 3.63) is 54.2 Å². The van der Waals surface area contributed by atoms with Crippen LogP contribution in [-0.4, -0.2) is 47.3 Å². The first-order valence-electron chi connectivity index (χ1n) is 9.33. The average Bonchev–Trinajstić information content (AvgIpc) is 3.39. The molecule has 9 nitrogen and oxygen atoms in total. The maximum atomic E-state index is 12.9. The van der Waals surface area contributed by atoms with Gasteiger partial charge in [0.1, 0.15) is 6.04 Å². The van der Waals surface area contributed by atoms with Crippen molar-refractivity contribution in [1.82, 2.24) is 25.5 Å². The molecule has 2 heterocycles. The lowest BCUT2D eigenvalue weighted by molar-refractivity contribution is -0.118. The van der Waals surface area contributed by atoms with Crippen molar-refractivity contribution in [3.63, 3.8) is 0 Å². The highest BCUT2D eigenvalue weighted by molar-refractivity contribution is 5.98. The van der Waals surface area contributed by atoms with Crippen LogP contribution in [0, 0.1) is 0 Å². The molecule has 0 spiro atoms. The molecule has 2 aromatic heterocycles. The number of rotatable bonds is 7. The summed E-state index contributed by atoms with van der Waals surface area (Å²) >= 11 is 0. The Morgan fingerprint density at radius 2 is 1.83 bits per heavy atom. The van der Waals surface area contributed by atoms with Gasteiger partial charge in [0, 0.05) is 18.3 Å². The standard InChI is InChI=1S/C21H22N6O3/c1-22-18(12-7-5-4-6-8-12)21(28)26-15-11-23-27-19(15)20-24-13-9-16(29-2)17(30-3)10-14(13)25-20/h4-11,18,22H,1-3H3,(H,23,27)(H,24,25)(H,26,28)/t18-/m0/s1. The van der Waals surface area contributed by atoms with Crippen LogP contribution in [0.4, 0.5) is 5.69 Å². The molecule has 1 amide bonds. The molecule has 0 bridgehead atoms. The fourth-order valence-electron chi connectivity index (χ4n) is 3.31. The van der Waals surface area contributed by atoms with E-state index in [1.165, 1.54) is 0 Å². The van der Waals surface area contributed by atoms with Crippen molar-refractivity contribution in [2.75, 3.05) is 26.6 Å². The molecule has 30 heavy (non-hydrogen) atoms. The van der Waals surface area contributed by atoms with E-state index in [-0.39, 0.29) is 5.91 Å². The summed E-state index contributed by atoms with van der Waals surface area (Å²) in [5.74, 6) is 1.48. The maximum absolute atomic E-state index is 12.9. The van der Waals surface area contributed by atoms with Gasteiger partial charge in [-0.25, -0.2) is 4.98 Å². The van der Waals surface area contributed by atoms with E-state index in [4.69, 9.17) is 9.47 Å². The minimum Gasteiger partial charge on any atom is -0.493 e. The Bertz CT molecular complexity index is 1130. The van der Waals surface area contributed by atoms with Gasteiger partial charge in [-0.15, -0.1) is 0 Å². The first-order chi connectivity index (χ1) is 14.6. The van der Waals surface area contributed by atoms with Crippen molar-refractivity contribution in [1.29, 1.82) is 0 Å². The number of aromatic nitrogens is 4. The maximum Gasteiger partial charge on any atom is 0.246 e. The van der Waals surface area contributed by atoms with Crippen molar-refractivity contribution in [3.8, 4) is 23.0 Å². The second-order valence-corrected chi connectivity index (χ2v) is 6.58. The van der Waals surface area contributed by atoms with Gasteiger partial charge in [0.05, 0.1) is 30.9 Å². The number of nitrogens with one attached hydrogen (secondary N) is 4. The molecule has 4 N–H and O–H groups in total. The lowest BCUT2D eigenvalue weighted by Gasteiger charge is -2.16. The number of likely N-dealkylation sites (N-methyl/N-ethyl adjacent to an activating group) is 1. The smallest absolute Gasteiger partial charge is 0.246 e. The van der Waals surface area contributed by atoms with Gasteiger partial charge in [0.25, 0.3) is 0 Å². The van der Waals surface area contributed by atoms with Crippen molar-refractivity contribution >= 4 is 22.6 Å². The van der Waals surface area contributed by atoms with Gasteiger partial charge in [-0.05, 0) is 12.6 Å². The summed E-state index contributed by atoms with van der Waals surface area (Å²) < 4.78 is 10.7. The van der Waals surface area contributed by atoms with Gasteiger partial charge in [-0.2, -0.15) is 5.10 Å². The average molecular weight is 406 g/mol. The number of nitrogens with zero attached hydrogens (tertiary/aromatic N) is 2. The Hall–Kier alpha value is -3.85. The van der Waals surface area contributed by atoms with Crippen LogP contribution in [0.2, 0.25) is 0 Å². The third kappa shape index (κ3) is 3.58. The van der Waals surface area contributed by atoms with Gasteiger partial charge in [-0.1, -0.05) is 30.3 Å². The van der Waals surface area contributed by atoms with Gasteiger partial charge in [-0.3, -0.25) is 9.89 Å². The number of H-pyrrole nitrogens is 2. The molecule has 0 saturated carbocycles. The SMILES string of the molecule is CN[C@H](C(=O)Nc1c[nH]nc1-c1nc2cc(OC)c(OC)cc2[nH]1)c1ccccc1. The number of ether oxygens (including phenoxy) is 2. The number of methoxy groups -OCH3 is 2. The number of fused-ring (bicyclic) bond motifs is 1. The second kappa shape index (κ2) is 8.26. The minimum absolute atomic E-state index is 0.203. The number of hydrogen-bond donors (Lipinski definition) is 4. The van der Waals surface area contributed by atoms with E-state index in [9.17, 15) is 4.79 Å². The Balaban J connectivity index is 1.64. The zero-order valence-electron chi connectivity index (χ0n) is 16.8. The lowest BCUT2D eigenvalue weighted by Crippen LogP contribution is -2.30. The normalized spacial score (nSPS) is 12.0.